The molecule has 2 fully saturated rings. The molecule has 1 saturated heterocycles. The van der Waals surface area contributed by atoms with Gasteiger partial charge < -0.3 is 19.9 Å². The van der Waals surface area contributed by atoms with Crippen LogP contribution in [-0.4, -0.2) is 46.1 Å². The zero-order valence-corrected chi connectivity index (χ0v) is 29.6. The third-order valence-corrected chi connectivity index (χ3v) is 10.4. The first-order valence-electron chi connectivity index (χ1n) is 17.3. The van der Waals surface area contributed by atoms with Gasteiger partial charge in [0.1, 0.15) is 11.9 Å². The number of hydrogen-bond donors (Lipinski definition) is 2. The van der Waals surface area contributed by atoms with Crippen molar-refractivity contribution in [2.45, 2.75) is 98.3 Å². The summed E-state index contributed by atoms with van der Waals surface area (Å²) in [6.07, 6.45) is -0.728. The van der Waals surface area contributed by atoms with E-state index < -0.39 is 53.5 Å². The second kappa shape index (κ2) is 14.3. The molecule has 2 heterocycles. The van der Waals surface area contributed by atoms with Crippen molar-refractivity contribution in [3.63, 3.8) is 0 Å². The van der Waals surface area contributed by atoms with Crippen molar-refractivity contribution in [3.8, 4) is 11.1 Å². The molecule has 0 bridgehead atoms. The summed E-state index contributed by atoms with van der Waals surface area (Å²) < 4.78 is 59.4. The summed E-state index contributed by atoms with van der Waals surface area (Å²) in [7, 11) is 0. The van der Waals surface area contributed by atoms with E-state index in [0.29, 0.717) is 23.6 Å². The van der Waals surface area contributed by atoms with E-state index >= 15 is 4.39 Å². The van der Waals surface area contributed by atoms with Crippen molar-refractivity contribution >= 4 is 11.9 Å². The maximum Gasteiger partial charge on any atom is 0.416 e. The first-order valence-corrected chi connectivity index (χ1v) is 17.3. The van der Waals surface area contributed by atoms with E-state index in [4.69, 9.17) is 0 Å². The molecular weight excluding hydrogens is 650 g/mol. The van der Waals surface area contributed by atoms with Gasteiger partial charge in [-0.05, 0) is 110 Å². The number of likely N-dealkylation sites (tertiary alicyclic amines) is 1. The first kappa shape index (κ1) is 37.3. The molecule has 1 aliphatic heterocycles. The number of amides is 1. The number of aliphatic carboxylic acids is 1. The van der Waals surface area contributed by atoms with Crippen LogP contribution in [0.25, 0.3) is 11.1 Å². The average Bonchev–Trinajstić information content (AvgIpc) is 2.94. The molecule has 1 saturated carbocycles. The Labute approximate surface area is 290 Å². The predicted octanol–water partition coefficient (Wildman–Crippen LogP) is 7.85. The molecule has 0 radical (unpaired) electrons. The lowest BCUT2D eigenvalue weighted by atomic mass is 9.63. The minimum atomic E-state index is -4.77. The van der Waals surface area contributed by atoms with E-state index in [0.717, 1.165) is 58.9 Å². The van der Waals surface area contributed by atoms with Crippen LogP contribution in [0.5, 0.6) is 0 Å². The quantitative estimate of drug-likeness (QED) is 0.188. The number of benzene rings is 2. The number of alkyl halides is 3. The molecule has 1 spiro atoms. The van der Waals surface area contributed by atoms with Crippen molar-refractivity contribution in [2.24, 2.45) is 11.3 Å². The molecule has 2 unspecified atom stereocenters. The van der Waals surface area contributed by atoms with Gasteiger partial charge in [0.15, 0.2) is 0 Å². The summed E-state index contributed by atoms with van der Waals surface area (Å²) in [5.41, 5.74) is 2.89. The number of carbonyl (C=O) groups is 2. The minimum absolute atomic E-state index is 0.0299. The van der Waals surface area contributed by atoms with Gasteiger partial charge in [-0.25, -0.2) is 4.39 Å². The third kappa shape index (κ3) is 7.98. The Morgan fingerprint density at radius 1 is 0.980 bits per heavy atom. The number of carboxylic acids is 1. The van der Waals surface area contributed by atoms with Crippen LogP contribution in [0.3, 0.4) is 0 Å². The Kier molecular flexibility index (Phi) is 10.7. The zero-order valence-electron chi connectivity index (χ0n) is 29.6. The van der Waals surface area contributed by atoms with Crippen molar-refractivity contribution in [2.75, 3.05) is 19.6 Å². The van der Waals surface area contributed by atoms with E-state index in [9.17, 15) is 32.7 Å². The van der Waals surface area contributed by atoms with Gasteiger partial charge in [0.25, 0.3) is 5.56 Å². The van der Waals surface area contributed by atoms with Gasteiger partial charge in [0.05, 0.1) is 18.0 Å². The summed E-state index contributed by atoms with van der Waals surface area (Å²) in [5, 5.41) is 12.5. The molecule has 11 heteroatoms. The summed E-state index contributed by atoms with van der Waals surface area (Å²) in [6, 6.07) is 5.18. The fourth-order valence-corrected chi connectivity index (χ4v) is 7.94. The van der Waals surface area contributed by atoms with Gasteiger partial charge in [-0.3, -0.25) is 14.4 Å². The Hall–Kier alpha value is -3.99. The van der Waals surface area contributed by atoms with Crippen LogP contribution in [0.1, 0.15) is 97.0 Å². The zero-order chi connectivity index (χ0) is 36.7. The van der Waals surface area contributed by atoms with Gasteiger partial charge in [0.2, 0.25) is 5.91 Å². The molecule has 7 nitrogen and oxygen atoms in total. The first-order chi connectivity index (χ1) is 23.4. The smallest absolute Gasteiger partial charge is 0.416 e. The highest BCUT2D eigenvalue weighted by molar-refractivity contribution is 5.82. The van der Waals surface area contributed by atoms with E-state index in [1.165, 1.54) is 6.42 Å². The highest BCUT2D eigenvalue weighted by Crippen LogP contribution is 2.48. The van der Waals surface area contributed by atoms with Crippen LogP contribution in [0.15, 0.2) is 41.3 Å². The lowest BCUT2D eigenvalue weighted by molar-refractivity contribution is -0.139. The van der Waals surface area contributed by atoms with Crippen LogP contribution in [-0.2, 0) is 22.2 Å². The number of pyridine rings is 1. The molecular formula is C39H47F4N3O4. The van der Waals surface area contributed by atoms with E-state index in [-0.39, 0.29) is 35.4 Å². The summed E-state index contributed by atoms with van der Waals surface area (Å²) in [5.74, 6) is -2.91. The van der Waals surface area contributed by atoms with E-state index in [1.807, 2.05) is 46.8 Å². The molecule has 2 atom stereocenters. The molecule has 2 aliphatic rings. The molecule has 50 heavy (non-hydrogen) atoms. The summed E-state index contributed by atoms with van der Waals surface area (Å²) in [6.45, 7) is 13.1. The lowest BCUT2D eigenvalue weighted by Crippen LogP contribution is -2.59. The van der Waals surface area contributed by atoms with Crippen LogP contribution in [0, 0.1) is 44.8 Å². The number of halogens is 4. The largest absolute Gasteiger partial charge is 0.481 e. The maximum atomic E-state index is 15.9. The number of carbonyl (C=O) groups excluding carboxylic acids is 1. The molecule has 3 aromatic rings. The van der Waals surface area contributed by atoms with E-state index in [2.05, 4.69) is 10.2 Å². The molecule has 1 amide bonds. The van der Waals surface area contributed by atoms with Crippen LogP contribution in [0.4, 0.5) is 17.6 Å². The fraction of sp³-hybridized carbons (Fsp3) is 0.513. The van der Waals surface area contributed by atoms with Crippen molar-refractivity contribution < 1.29 is 32.3 Å². The molecule has 1 aromatic heterocycles. The number of carboxylic acid groups (broad SMARTS) is 1. The standard InChI is InChI=1S/C39H47F4N3O4/c1-22(2)12-32(46-19-27(30(17-33(46)47)39(41,42)43)8-11-45-20-38(21-45)9-7-10-38)37(50)44-31(18-34(48)49)29-16-28(15-26(6)36(29)40)35-24(4)13-23(3)14-25(35)5/h13-17,19,22,31-32H,7-12,18,20-21H2,1-6H3,(H,44,50)(H,48,49). The monoisotopic (exact) mass is 697 g/mol. The average molecular weight is 698 g/mol. The van der Waals surface area contributed by atoms with Gasteiger partial charge in [-0.1, -0.05) is 38.0 Å². The normalized spacial score (nSPS) is 16.9. The molecule has 2 aromatic carbocycles. The Bertz CT molecular complexity index is 1810. The predicted molar refractivity (Wildman–Crippen MR) is 185 cm³/mol. The number of rotatable bonds is 12. The van der Waals surface area contributed by atoms with Gasteiger partial charge in [-0.2, -0.15) is 13.2 Å². The fourth-order valence-electron chi connectivity index (χ4n) is 7.94. The van der Waals surface area contributed by atoms with Crippen LogP contribution in [0.2, 0.25) is 0 Å². The van der Waals surface area contributed by atoms with Crippen molar-refractivity contribution in [1.82, 2.24) is 14.8 Å². The van der Waals surface area contributed by atoms with Crippen LogP contribution < -0.4 is 10.9 Å². The lowest BCUT2D eigenvalue weighted by Gasteiger charge is -2.56. The van der Waals surface area contributed by atoms with Crippen LogP contribution >= 0.6 is 0 Å². The minimum Gasteiger partial charge on any atom is -0.481 e. The SMILES string of the molecule is Cc1cc(C)c(-c2cc(C)c(F)c(C(CC(=O)O)NC(=O)C(CC(C)C)n3cc(CCN4CC5(CCC5)C4)c(C(F)(F)F)cc3=O)c2)c(C)c1. The maximum absolute atomic E-state index is 15.9. The summed E-state index contributed by atoms with van der Waals surface area (Å²) >= 11 is 0. The van der Waals surface area contributed by atoms with Gasteiger partial charge in [-0.15, -0.1) is 0 Å². The van der Waals surface area contributed by atoms with Gasteiger partial charge in [0, 0.05) is 37.5 Å². The Balaban J connectivity index is 1.50. The molecule has 1 aliphatic carbocycles. The molecule has 2 N–H and O–H groups in total. The molecule has 270 valence electrons. The summed E-state index contributed by atoms with van der Waals surface area (Å²) in [4.78, 5) is 41.7. The highest BCUT2D eigenvalue weighted by atomic mass is 19.4. The van der Waals surface area contributed by atoms with Crippen molar-refractivity contribution in [3.05, 3.63) is 91.6 Å². The third-order valence-electron chi connectivity index (χ3n) is 10.4. The van der Waals surface area contributed by atoms with Crippen molar-refractivity contribution in [1.29, 1.82) is 0 Å². The molecule has 5 rings (SSSR count). The number of aromatic nitrogens is 1. The highest BCUT2D eigenvalue weighted by Gasteiger charge is 2.47. The number of nitrogens with one attached hydrogen (secondary N) is 1. The second-order valence-electron chi connectivity index (χ2n) is 15.0. The number of aryl methyl sites for hydroxylation is 4. The van der Waals surface area contributed by atoms with E-state index in [1.54, 1.807) is 19.1 Å². The van der Waals surface area contributed by atoms with Gasteiger partial charge >= 0.3 is 12.1 Å². The Morgan fingerprint density at radius 2 is 1.62 bits per heavy atom. The number of nitrogens with zero attached hydrogens (tertiary/aromatic N) is 2. The Morgan fingerprint density at radius 3 is 2.16 bits per heavy atom. The second-order valence-corrected chi connectivity index (χ2v) is 15.0. The topological polar surface area (TPSA) is 91.6 Å². The number of hydrogen-bond acceptors (Lipinski definition) is 4.